The van der Waals surface area contributed by atoms with Crippen LogP contribution in [0.3, 0.4) is 0 Å². The van der Waals surface area contributed by atoms with E-state index in [1.807, 2.05) is 0 Å². The number of aliphatic hydroxyl groups excluding tert-OH is 1. The van der Waals surface area contributed by atoms with E-state index in [9.17, 15) is 4.39 Å². The highest BCUT2D eigenvalue weighted by Gasteiger charge is 2.01. The lowest BCUT2D eigenvalue weighted by molar-refractivity contribution is 0.116. The normalized spacial score (nSPS) is 10.2. The minimum Gasteiger partial charge on any atom is -0.384 e. The van der Waals surface area contributed by atoms with Crippen LogP contribution < -0.4 is 0 Å². The fourth-order valence-corrected chi connectivity index (χ4v) is 2.07. The highest BCUT2D eigenvalue weighted by Crippen LogP contribution is 2.11. The van der Waals surface area contributed by atoms with Crippen molar-refractivity contribution in [3.05, 3.63) is 35.1 Å². The first-order valence-corrected chi connectivity index (χ1v) is 7.73. The standard InChI is InChI=1S/C18H25FO2/c1-2-3-4-5-6-7-13-21-15-16-10-11-18(19)17(14-16)9-8-12-20/h10-11,14,20H,2-7,12-13,15H2,1H3. The van der Waals surface area contributed by atoms with Gasteiger partial charge in [-0.15, -0.1) is 0 Å². The van der Waals surface area contributed by atoms with E-state index in [1.165, 1.54) is 38.2 Å². The molecule has 0 aliphatic carbocycles. The van der Waals surface area contributed by atoms with Gasteiger partial charge in [0.2, 0.25) is 0 Å². The SMILES string of the molecule is CCCCCCCCOCc1ccc(F)c(C#CCO)c1. The summed E-state index contributed by atoms with van der Waals surface area (Å²) in [5, 5.41) is 8.64. The van der Waals surface area contributed by atoms with Gasteiger partial charge in [-0.25, -0.2) is 4.39 Å². The monoisotopic (exact) mass is 292 g/mol. The topological polar surface area (TPSA) is 29.5 Å². The van der Waals surface area contributed by atoms with Gasteiger partial charge < -0.3 is 9.84 Å². The second-order valence-corrected chi connectivity index (χ2v) is 5.09. The molecule has 2 nitrogen and oxygen atoms in total. The van der Waals surface area contributed by atoms with Crippen LogP contribution in [0.25, 0.3) is 0 Å². The average molecular weight is 292 g/mol. The molecule has 0 bridgehead atoms. The Hall–Kier alpha value is -1.37. The second-order valence-electron chi connectivity index (χ2n) is 5.09. The predicted molar refractivity (Wildman–Crippen MR) is 83.4 cm³/mol. The molecule has 0 aliphatic heterocycles. The van der Waals surface area contributed by atoms with Crippen molar-refractivity contribution in [3.63, 3.8) is 0 Å². The molecule has 0 heterocycles. The summed E-state index contributed by atoms with van der Waals surface area (Å²) in [6.07, 6.45) is 7.44. The Morgan fingerprint density at radius 3 is 2.67 bits per heavy atom. The highest BCUT2D eigenvalue weighted by molar-refractivity contribution is 5.38. The Kier molecular flexibility index (Phi) is 9.52. The first-order chi connectivity index (χ1) is 10.3. The smallest absolute Gasteiger partial charge is 0.138 e. The van der Waals surface area contributed by atoms with E-state index in [-0.39, 0.29) is 12.4 Å². The fourth-order valence-electron chi connectivity index (χ4n) is 2.07. The minimum atomic E-state index is -0.365. The Labute approximate surface area is 127 Å². The van der Waals surface area contributed by atoms with Crippen LogP contribution in [0.4, 0.5) is 4.39 Å². The summed E-state index contributed by atoms with van der Waals surface area (Å²) in [7, 11) is 0. The third-order valence-corrected chi connectivity index (χ3v) is 3.24. The molecule has 0 spiro atoms. The summed E-state index contributed by atoms with van der Waals surface area (Å²) in [5.41, 5.74) is 1.22. The van der Waals surface area contributed by atoms with Crippen molar-refractivity contribution in [1.29, 1.82) is 0 Å². The molecule has 1 rings (SSSR count). The van der Waals surface area contributed by atoms with Crippen LogP contribution in [0, 0.1) is 17.7 Å². The summed E-state index contributed by atoms with van der Waals surface area (Å²) >= 11 is 0. The Balaban J connectivity index is 2.26. The zero-order chi connectivity index (χ0) is 15.3. The number of hydrogen-bond donors (Lipinski definition) is 1. The van der Waals surface area contributed by atoms with Crippen LogP contribution in [0.2, 0.25) is 0 Å². The molecule has 1 aromatic carbocycles. The maximum Gasteiger partial charge on any atom is 0.138 e. The number of rotatable bonds is 9. The zero-order valence-electron chi connectivity index (χ0n) is 12.8. The van der Waals surface area contributed by atoms with Crippen LogP contribution in [0.15, 0.2) is 18.2 Å². The number of ether oxygens (including phenoxy) is 1. The number of unbranched alkanes of at least 4 members (excludes halogenated alkanes) is 5. The summed E-state index contributed by atoms with van der Waals surface area (Å²) in [6.45, 7) is 3.16. The number of hydrogen-bond acceptors (Lipinski definition) is 2. The van der Waals surface area contributed by atoms with Gasteiger partial charge in [-0.3, -0.25) is 0 Å². The van der Waals surface area contributed by atoms with Gasteiger partial charge in [0, 0.05) is 6.61 Å². The largest absolute Gasteiger partial charge is 0.384 e. The molecule has 0 amide bonds. The number of aliphatic hydroxyl groups is 1. The number of halogens is 1. The van der Waals surface area contributed by atoms with E-state index >= 15 is 0 Å². The van der Waals surface area contributed by atoms with Crippen molar-refractivity contribution in [3.8, 4) is 11.8 Å². The van der Waals surface area contributed by atoms with Gasteiger partial charge in [-0.05, 0) is 24.1 Å². The third-order valence-electron chi connectivity index (χ3n) is 3.24. The molecule has 0 unspecified atom stereocenters. The molecule has 1 N–H and O–H groups in total. The number of benzene rings is 1. The third kappa shape index (κ3) is 7.84. The van der Waals surface area contributed by atoms with Crippen molar-refractivity contribution >= 4 is 0 Å². The van der Waals surface area contributed by atoms with Crippen molar-refractivity contribution in [2.45, 2.75) is 52.1 Å². The fraction of sp³-hybridized carbons (Fsp3) is 0.556. The first kappa shape index (κ1) is 17.7. The Morgan fingerprint density at radius 1 is 1.14 bits per heavy atom. The maximum atomic E-state index is 13.5. The van der Waals surface area contributed by atoms with Crippen LogP contribution in [-0.4, -0.2) is 18.3 Å². The molecule has 0 aromatic heterocycles. The van der Waals surface area contributed by atoms with E-state index in [1.54, 1.807) is 12.1 Å². The van der Waals surface area contributed by atoms with E-state index in [0.29, 0.717) is 12.2 Å². The molecule has 116 valence electrons. The van der Waals surface area contributed by atoms with Gasteiger partial charge >= 0.3 is 0 Å². The molecule has 3 heteroatoms. The van der Waals surface area contributed by atoms with Gasteiger partial charge in [-0.2, -0.15) is 0 Å². The molecule has 0 atom stereocenters. The summed E-state index contributed by atoms with van der Waals surface area (Å²) in [4.78, 5) is 0. The van der Waals surface area contributed by atoms with Crippen molar-refractivity contribution in [1.82, 2.24) is 0 Å². The molecule has 21 heavy (non-hydrogen) atoms. The molecule has 0 fully saturated rings. The maximum absolute atomic E-state index is 13.5. The highest BCUT2D eigenvalue weighted by atomic mass is 19.1. The molecule has 0 radical (unpaired) electrons. The van der Waals surface area contributed by atoms with E-state index < -0.39 is 0 Å². The van der Waals surface area contributed by atoms with Crippen LogP contribution in [0.1, 0.15) is 56.6 Å². The van der Waals surface area contributed by atoms with Gasteiger partial charge in [-0.1, -0.05) is 56.9 Å². The van der Waals surface area contributed by atoms with Crippen molar-refractivity contribution < 1.29 is 14.2 Å². The Bertz CT molecular complexity index is 460. The molecule has 0 aliphatic rings. The first-order valence-electron chi connectivity index (χ1n) is 7.73. The van der Waals surface area contributed by atoms with Gasteiger partial charge in [0.1, 0.15) is 12.4 Å². The lowest BCUT2D eigenvalue weighted by Gasteiger charge is -2.05. The molecular weight excluding hydrogens is 267 g/mol. The van der Waals surface area contributed by atoms with Crippen LogP contribution in [-0.2, 0) is 11.3 Å². The van der Waals surface area contributed by atoms with Crippen molar-refractivity contribution in [2.24, 2.45) is 0 Å². The lowest BCUT2D eigenvalue weighted by atomic mass is 10.1. The molecule has 1 aromatic rings. The van der Waals surface area contributed by atoms with E-state index in [4.69, 9.17) is 9.84 Å². The van der Waals surface area contributed by atoms with Crippen LogP contribution >= 0.6 is 0 Å². The molecular formula is C18H25FO2. The van der Waals surface area contributed by atoms with Crippen molar-refractivity contribution in [2.75, 3.05) is 13.2 Å². The van der Waals surface area contributed by atoms with Crippen LogP contribution in [0.5, 0.6) is 0 Å². The Morgan fingerprint density at radius 2 is 1.90 bits per heavy atom. The van der Waals surface area contributed by atoms with Gasteiger partial charge in [0.15, 0.2) is 0 Å². The summed E-state index contributed by atoms with van der Waals surface area (Å²) < 4.78 is 19.1. The minimum absolute atomic E-state index is 0.266. The second kappa shape index (κ2) is 11.3. The van der Waals surface area contributed by atoms with E-state index in [0.717, 1.165) is 18.6 Å². The quantitative estimate of drug-likeness (QED) is 0.549. The molecule has 0 saturated carbocycles. The van der Waals surface area contributed by atoms with E-state index in [2.05, 4.69) is 18.8 Å². The lowest BCUT2D eigenvalue weighted by Crippen LogP contribution is -1.97. The zero-order valence-corrected chi connectivity index (χ0v) is 12.8. The summed E-state index contributed by atoms with van der Waals surface area (Å²) in [6, 6.07) is 4.78. The summed E-state index contributed by atoms with van der Waals surface area (Å²) in [5.74, 6) is 4.70. The van der Waals surface area contributed by atoms with Gasteiger partial charge in [0.05, 0.1) is 12.2 Å². The van der Waals surface area contributed by atoms with Gasteiger partial charge in [0.25, 0.3) is 0 Å². The molecule has 0 saturated heterocycles. The predicted octanol–water partition coefficient (Wildman–Crippen LogP) is 4.05. The average Bonchev–Trinajstić information content (AvgIpc) is 2.50.